The van der Waals surface area contributed by atoms with Gasteiger partial charge < -0.3 is 19.1 Å². The smallest absolute Gasteiger partial charge is 0.324 e. The molecule has 11 heteroatoms. The lowest BCUT2D eigenvalue weighted by molar-refractivity contribution is -0.129. The zero-order chi connectivity index (χ0) is 28.1. The molecule has 0 N–H and O–H groups in total. The molecule has 39 heavy (non-hydrogen) atoms. The van der Waals surface area contributed by atoms with E-state index in [4.69, 9.17) is 16.3 Å². The van der Waals surface area contributed by atoms with Gasteiger partial charge in [-0.15, -0.1) is 0 Å². The van der Waals surface area contributed by atoms with Crippen LogP contribution in [-0.2, 0) is 17.9 Å². The van der Waals surface area contributed by atoms with Crippen LogP contribution in [0.4, 0.5) is 19.3 Å². The molecule has 1 saturated heterocycles. The third-order valence-electron chi connectivity index (χ3n) is 6.82. The summed E-state index contributed by atoms with van der Waals surface area (Å²) in [7, 11) is 3.37. The van der Waals surface area contributed by atoms with Crippen molar-refractivity contribution in [1.29, 1.82) is 0 Å². The summed E-state index contributed by atoms with van der Waals surface area (Å²) < 4.78 is 34.7. The lowest BCUT2D eigenvalue weighted by Gasteiger charge is -2.36. The number of hydrogen-bond acceptors (Lipinski definition) is 4. The van der Waals surface area contributed by atoms with Crippen LogP contribution in [0.15, 0.2) is 36.7 Å². The Balaban J connectivity index is 1.56. The zero-order valence-corrected chi connectivity index (χ0v) is 23.3. The van der Waals surface area contributed by atoms with Gasteiger partial charge in [-0.25, -0.2) is 18.6 Å². The van der Waals surface area contributed by atoms with Crippen molar-refractivity contribution in [3.63, 3.8) is 0 Å². The predicted molar refractivity (Wildman–Crippen MR) is 148 cm³/mol. The van der Waals surface area contributed by atoms with Crippen LogP contribution in [0.2, 0.25) is 5.02 Å². The van der Waals surface area contributed by atoms with Gasteiger partial charge in [-0.3, -0.25) is 9.69 Å². The molecule has 210 valence electrons. The Bertz CT molecular complexity index is 1330. The number of ether oxygens (including phenoxy) is 1. The number of halogens is 3. The molecule has 4 rings (SSSR count). The Morgan fingerprint density at radius 2 is 2.00 bits per heavy atom. The number of aromatic nitrogens is 2. The maximum absolute atomic E-state index is 13.6. The van der Waals surface area contributed by atoms with Crippen LogP contribution in [0.3, 0.4) is 0 Å². The third-order valence-corrected chi connectivity index (χ3v) is 7.11. The first kappa shape index (κ1) is 28.6. The lowest BCUT2D eigenvalue weighted by atomic mass is 10.1. The first-order chi connectivity index (χ1) is 18.7. The Hall–Kier alpha value is -3.40. The van der Waals surface area contributed by atoms with Crippen molar-refractivity contribution in [3.05, 3.63) is 52.8 Å². The number of urea groups is 1. The molecule has 0 radical (unpaired) electrons. The fourth-order valence-corrected chi connectivity index (χ4v) is 5.00. The number of alkyl halides is 2. The Kier molecular flexibility index (Phi) is 9.27. The van der Waals surface area contributed by atoms with E-state index in [1.165, 1.54) is 17.0 Å². The quantitative estimate of drug-likeness (QED) is 0.265. The second-order valence-electron chi connectivity index (χ2n) is 9.85. The van der Waals surface area contributed by atoms with Gasteiger partial charge in [-0.1, -0.05) is 31.4 Å². The maximum atomic E-state index is 13.6. The van der Waals surface area contributed by atoms with E-state index < -0.39 is 6.43 Å². The van der Waals surface area contributed by atoms with Gasteiger partial charge in [0.1, 0.15) is 17.9 Å². The van der Waals surface area contributed by atoms with Crippen molar-refractivity contribution in [2.24, 2.45) is 0 Å². The highest BCUT2D eigenvalue weighted by Gasteiger charge is 2.29. The second kappa shape index (κ2) is 12.6. The van der Waals surface area contributed by atoms with Crippen LogP contribution in [0.25, 0.3) is 11.0 Å². The Morgan fingerprint density at radius 3 is 2.72 bits per heavy atom. The van der Waals surface area contributed by atoms with Crippen molar-refractivity contribution >= 4 is 40.3 Å². The molecule has 0 saturated carbocycles. The molecule has 1 aliphatic rings. The molecule has 8 nitrogen and oxygen atoms in total. The number of pyridine rings is 1. The molecular formula is C28H34ClF2N5O3. The Morgan fingerprint density at radius 1 is 1.21 bits per heavy atom. The van der Waals surface area contributed by atoms with Crippen molar-refractivity contribution in [2.75, 3.05) is 38.7 Å². The molecule has 3 amide bonds. The van der Waals surface area contributed by atoms with Crippen LogP contribution in [0, 0.1) is 0 Å². The minimum Gasteiger partial charge on any atom is -0.493 e. The first-order valence-corrected chi connectivity index (χ1v) is 13.5. The Labute approximate surface area is 232 Å². The van der Waals surface area contributed by atoms with Gasteiger partial charge in [0.25, 0.3) is 6.43 Å². The molecular weight excluding hydrogens is 528 g/mol. The van der Waals surface area contributed by atoms with Gasteiger partial charge in [0.2, 0.25) is 5.91 Å². The molecule has 0 spiro atoms. The summed E-state index contributed by atoms with van der Waals surface area (Å²) in [5.41, 5.74) is 1.72. The number of fused-ring (bicyclic) bond motifs is 1. The van der Waals surface area contributed by atoms with Gasteiger partial charge >= 0.3 is 6.03 Å². The van der Waals surface area contributed by atoms with E-state index in [2.05, 4.69) is 11.9 Å². The van der Waals surface area contributed by atoms with E-state index in [0.29, 0.717) is 47.9 Å². The van der Waals surface area contributed by atoms with Crippen molar-refractivity contribution in [2.45, 2.75) is 52.1 Å². The molecule has 0 unspecified atom stereocenters. The van der Waals surface area contributed by atoms with Crippen molar-refractivity contribution < 1.29 is 23.1 Å². The summed E-state index contributed by atoms with van der Waals surface area (Å²) in [6, 6.07) is 6.01. The van der Waals surface area contributed by atoms with Gasteiger partial charge in [0, 0.05) is 63.3 Å². The van der Waals surface area contributed by atoms with E-state index in [1.807, 2.05) is 6.07 Å². The lowest BCUT2D eigenvalue weighted by Crippen LogP contribution is -2.49. The summed E-state index contributed by atoms with van der Waals surface area (Å²) in [6.45, 7) is 3.79. The predicted octanol–water partition coefficient (Wildman–Crippen LogP) is 6.12. The number of carbonyl (C=O) groups excluding carboxylic acids is 2. The van der Waals surface area contributed by atoms with E-state index in [-0.39, 0.29) is 36.3 Å². The average molecular weight is 562 g/mol. The molecule has 1 fully saturated rings. The van der Waals surface area contributed by atoms with Crippen LogP contribution < -0.4 is 9.64 Å². The number of carbonyl (C=O) groups is 2. The number of hydrogen-bond donors (Lipinski definition) is 0. The van der Waals surface area contributed by atoms with Crippen molar-refractivity contribution in [3.8, 4) is 5.75 Å². The third kappa shape index (κ3) is 6.43. The van der Waals surface area contributed by atoms with E-state index in [9.17, 15) is 18.4 Å². The fraction of sp³-hybridized carbons (Fsp3) is 0.464. The van der Waals surface area contributed by atoms with Gasteiger partial charge in [0.15, 0.2) is 0 Å². The van der Waals surface area contributed by atoms with Crippen LogP contribution in [0.5, 0.6) is 5.75 Å². The molecule has 2 aromatic heterocycles. The number of benzene rings is 1. The zero-order valence-electron chi connectivity index (χ0n) is 22.5. The highest BCUT2D eigenvalue weighted by Crippen LogP contribution is 2.35. The minimum atomic E-state index is -2.67. The number of amides is 3. The van der Waals surface area contributed by atoms with Crippen LogP contribution in [0.1, 0.15) is 50.2 Å². The van der Waals surface area contributed by atoms with Gasteiger partial charge in [-0.05, 0) is 36.6 Å². The monoisotopic (exact) mass is 561 g/mol. The number of likely N-dealkylation sites (N-methyl/N-ethyl adjacent to an activating group) is 1. The largest absolute Gasteiger partial charge is 0.493 e. The number of rotatable bonds is 11. The SMILES string of the molecule is CCCCCOc1cc(N2CCCN(Cc3ccnc4c3c(Cl)cn4CC(=O)N(C)C)C2=O)ccc1C(F)F. The second-order valence-corrected chi connectivity index (χ2v) is 10.3. The molecule has 3 aromatic rings. The normalized spacial score (nSPS) is 14.0. The topological polar surface area (TPSA) is 70.9 Å². The number of unbranched alkanes of at least 4 members (excludes halogenated alkanes) is 2. The fourth-order valence-electron chi connectivity index (χ4n) is 4.67. The molecule has 1 aliphatic heterocycles. The highest BCUT2D eigenvalue weighted by atomic mass is 35.5. The minimum absolute atomic E-state index is 0.0933. The summed E-state index contributed by atoms with van der Waals surface area (Å²) in [5.74, 6) is 0.0176. The molecule has 0 aliphatic carbocycles. The van der Waals surface area contributed by atoms with Crippen molar-refractivity contribution in [1.82, 2.24) is 19.4 Å². The van der Waals surface area contributed by atoms with E-state index in [0.717, 1.165) is 24.8 Å². The van der Waals surface area contributed by atoms with Gasteiger partial charge in [-0.2, -0.15) is 0 Å². The number of nitrogens with zero attached hydrogens (tertiary/aromatic N) is 5. The number of anilines is 1. The van der Waals surface area contributed by atoms with Crippen LogP contribution >= 0.6 is 11.6 Å². The molecule has 0 bridgehead atoms. The standard InChI is InChI=1S/C28H34ClF2N5O3/c1-4-5-6-14-39-23-15-20(8-9-21(23)26(30)31)36-13-7-12-34(28(36)38)16-19-10-11-32-27-25(19)22(29)17-35(27)18-24(37)33(2)3/h8-11,15,17,26H,4-7,12-14,16,18H2,1-3H3. The summed E-state index contributed by atoms with van der Waals surface area (Å²) in [6.07, 6.45) is 4.07. The van der Waals surface area contributed by atoms with Crippen LogP contribution in [-0.4, -0.2) is 65.1 Å². The molecule has 0 atom stereocenters. The van der Waals surface area contributed by atoms with Gasteiger partial charge in [0.05, 0.1) is 17.2 Å². The summed E-state index contributed by atoms with van der Waals surface area (Å²) >= 11 is 6.57. The van der Waals surface area contributed by atoms with E-state index in [1.54, 1.807) is 46.9 Å². The average Bonchev–Trinajstić information content (AvgIpc) is 3.23. The highest BCUT2D eigenvalue weighted by molar-refractivity contribution is 6.35. The summed E-state index contributed by atoms with van der Waals surface area (Å²) in [4.78, 5) is 35.1. The van der Waals surface area contributed by atoms with E-state index >= 15 is 0 Å². The first-order valence-electron chi connectivity index (χ1n) is 13.1. The summed E-state index contributed by atoms with van der Waals surface area (Å²) in [5, 5.41) is 1.15. The maximum Gasteiger partial charge on any atom is 0.324 e. The molecule has 3 heterocycles. The molecule has 1 aromatic carbocycles.